The Balaban J connectivity index is 1.16. The van der Waals surface area contributed by atoms with E-state index in [0.717, 1.165) is 13.1 Å². The van der Waals surface area contributed by atoms with Crippen LogP contribution in [0.3, 0.4) is 0 Å². The Labute approximate surface area is 174 Å². The number of anilines is 1. The predicted molar refractivity (Wildman–Crippen MR) is 111 cm³/mol. The summed E-state index contributed by atoms with van der Waals surface area (Å²) in [6.45, 7) is 3.49. The number of rotatable bonds is 7. The molecule has 1 fully saturated rings. The van der Waals surface area contributed by atoms with E-state index in [1.165, 1.54) is 18.0 Å². The lowest BCUT2D eigenvalue weighted by atomic mass is 10.2. The lowest BCUT2D eigenvalue weighted by Crippen LogP contribution is -2.48. The highest BCUT2D eigenvalue weighted by molar-refractivity contribution is 5.92. The average molecular weight is 408 g/mol. The quantitative estimate of drug-likeness (QED) is 0.605. The lowest BCUT2D eigenvalue weighted by molar-refractivity contribution is -0.131. The van der Waals surface area contributed by atoms with Gasteiger partial charge in [-0.05, 0) is 30.7 Å². The van der Waals surface area contributed by atoms with Gasteiger partial charge in [-0.15, -0.1) is 0 Å². The Kier molecular flexibility index (Phi) is 6.12. The van der Waals surface area contributed by atoms with E-state index in [-0.39, 0.29) is 17.5 Å². The normalized spacial score (nSPS) is 14.0. The van der Waals surface area contributed by atoms with Gasteiger partial charge in [-0.1, -0.05) is 23.4 Å². The number of amides is 2. The van der Waals surface area contributed by atoms with Crippen LogP contribution in [0, 0.1) is 0 Å². The zero-order valence-electron chi connectivity index (χ0n) is 16.6. The second-order valence-corrected chi connectivity index (χ2v) is 7.12. The van der Waals surface area contributed by atoms with Gasteiger partial charge < -0.3 is 24.1 Å². The SMILES string of the molecule is O=C(NCCCC(=O)N1CCN(c2ccccc2)CC1)c1cc(-c2ccco2)on1. The number of aromatic nitrogens is 1. The minimum absolute atomic E-state index is 0.124. The van der Waals surface area contributed by atoms with E-state index in [1.54, 1.807) is 12.1 Å². The van der Waals surface area contributed by atoms with Gasteiger partial charge in [-0.25, -0.2) is 0 Å². The third-order valence-electron chi connectivity index (χ3n) is 5.11. The van der Waals surface area contributed by atoms with E-state index >= 15 is 0 Å². The molecule has 0 aliphatic carbocycles. The van der Waals surface area contributed by atoms with Crippen LogP contribution in [0.1, 0.15) is 23.3 Å². The van der Waals surface area contributed by atoms with E-state index < -0.39 is 0 Å². The van der Waals surface area contributed by atoms with Crippen LogP contribution in [0.2, 0.25) is 0 Å². The molecule has 1 saturated heterocycles. The van der Waals surface area contributed by atoms with Gasteiger partial charge in [0.15, 0.2) is 11.5 Å². The van der Waals surface area contributed by atoms with Crippen LogP contribution in [0.5, 0.6) is 0 Å². The van der Waals surface area contributed by atoms with Crippen molar-refractivity contribution >= 4 is 17.5 Å². The van der Waals surface area contributed by atoms with Gasteiger partial charge in [0.2, 0.25) is 11.7 Å². The third-order valence-corrected chi connectivity index (χ3v) is 5.11. The fraction of sp³-hybridized carbons (Fsp3) is 0.318. The van der Waals surface area contributed by atoms with Gasteiger partial charge in [0.25, 0.3) is 5.91 Å². The molecule has 1 aromatic carbocycles. The van der Waals surface area contributed by atoms with Crippen molar-refractivity contribution in [2.45, 2.75) is 12.8 Å². The Bertz CT molecular complexity index is 960. The molecule has 0 unspecified atom stereocenters. The number of furan rings is 1. The van der Waals surface area contributed by atoms with Crippen LogP contribution in [0.25, 0.3) is 11.5 Å². The summed E-state index contributed by atoms with van der Waals surface area (Å²) in [6.07, 6.45) is 2.50. The molecule has 3 heterocycles. The number of carbonyl (C=O) groups excluding carboxylic acids is 2. The van der Waals surface area contributed by atoms with Crippen molar-refractivity contribution in [2.24, 2.45) is 0 Å². The minimum Gasteiger partial charge on any atom is -0.461 e. The molecule has 2 amide bonds. The van der Waals surface area contributed by atoms with Crippen molar-refractivity contribution in [3.63, 3.8) is 0 Å². The maximum absolute atomic E-state index is 12.4. The van der Waals surface area contributed by atoms with Crippen LogP contribution in [0.4, 0.5) is 5.69 Å². The van der Waals surface area contributed by atoms with Crippen molar-refractivity contribution < 1.29 is 18.5 Å². The Morgan fingerprint density at radius 1 is 1.00 bits per heavy atom. The maximum Gasteiger partial charge on any atom is 0.273 e. The Morgan fingerprint density at radius 3 is 2.53 bits per heavy atom. The van der Waals surface area contributed by atoms with Gasteiger partial charge in [-0.3, -0.25) is 9.59 Å². The van der Waals surface area contributed by atoms with E-state index in [1.807, 2.05) is 23.1 Å². The summed E-state index contributed by atoms with van der Waals surface area (Å²) in [5.74, 6) is 0.702. The molecular formula is C22H24N4O4. The largest absolute Gasteiger partial charge is 0.461 e. The first kappa shape index (κ1) is 19.8. The smallest absolute Gasteiger partial charge is 0.273 e. The standard InChI is InChI=1S/C22H24N4O4/c27-21(26-13-11-25(12-14-26)17-6-2-1-3-7-17)9-4-10-23-22(28)18-16-20(30-24-18)19-8-5-15-29-19/h1-3,5-8,15-16H,4,9-14H2,(H,23,28). The van der Waals surface area contributed by atoms with Crippen LogP contribution in [0.15, 0.2) is 63.7 Å². The second kappa shape index (κ2) is 9.30. The van der Waals surface area contributed by atoms with Crippen molar-refractivity contribution in [1.29, 1.82) is 0 Å². The summed E-state index contributed by atoms with van der Waals surface area (Å²) in [6, 6.07) is 15.2. The zero-order valence-corrected chi connectivity index (χ0v) is 16.6. The van der Waals surface area contributed by atoms with Crippen molar-refractivity contribution in [3.05, 3.63) is 60.5 Å². The number of nitrogens with zero attached hydrogens (tertiary/aromatic N) is 3. The molecule has 4 rings (SSSR count). The maximum atomic E-state index is 12.4. The number of benzene rings is 1. The molecule has 8 heteroatoms. The lowest BCUT2D eigenvalue weighted by Gasteiger charge is -2.36. The fourth-order valence-electron chi connectivity index (χ4n) is 3.46. The molecule has 8 nitrogen and oxygen atoms in total. The first-order chi connectivity index (χ1) is 14.7. The molecule has 0 radical (unpaired) electrons. The molecule has 1 aliphatic rings. The summed E-state index contributed by atoms with van der Waals surface area (Å²) in [7, 11) is 0. The molecule has 0 saturated carbocycles. The van der Waals surface area contributed by atoms with Crippen LogP contribution < -0.4 is 10.2 Å². The molecule has 3 aromatic rings. The molecule has 30 heavy (non-hydrogen) atoms. The van der Waals surface area contributed by atoms with Gasteiger partial charge in [0.05, 0.1) is 6.26 Å². The van der Waals surface area contributed by atoms with Crippen LogP contribution >= 0.6 is 0 Å². The molecule has 0 spiro atoms. The highest BCUT2D eigenvalue weighted by atomic mass is 16.5. The molecule has 1 aliphatic heterocycles. The number of piperazine rings is 1. The van der Waals surface area contributed by atoms with Crippen molar-refractivity contribution in [2.75, 3.05) is 37.6 Å². The van der Waals surface area contributed by atoms with E-state index in [9.17, 15) is 9.59 Å². The van der Waals surface area contributed by atoms with Crippen molar-refractivity contribution in [3.8, 4) is 11.5 Å². The van der Waals surface area contributed by atoms with Gasteiger partial charge in [0, 0.05) is 50.9 Å². The summed E-state index contributed by atoms with van der Waals surface area (Å²) in [5.41, 5.74) is 1.38. The molecule has 0 bridgehead atoms. The topological polar surface area (TPSA) is 91.8 Å². The van der Waals surface area contributed by atoms with Gasteiger partial charge >= 0.3 is 0 Å². The van der Waals surface area contributed by atoms with Gasteiger partial charge in [-0.2, -0.15) is 0 Å². The summed E-state index contributed by atoms with van der Waals surface area (Å²) >= 11 is 0. The van der Waals surface area contributed by atoms with E-state index in [0.29, 0.717) is 44.0 Å². The number of hydrogen-bond acceptors (Lipinski definition) is 6. The summed E-state index contributed by atoms with van der Waals surface area (Å²) < 4.78 is 10.3. The minimum atomic E-state index is -0.333. The Hall–Kier alpha value is -3.55. The molecule has 0 atom stereocenters. The van der Waals surface area contributed by atoms with E-state index in [4.69, 9.17) is 8.94 Å². The van der Waals surface area contributed by atoms with Crippen molar-refractivity contribution in [1.82, 2.24) is 15.4 Å². The summed E-state index contributed by atoms with van der Waals surface area (Å²) in [5, 5.41) is 6.54. The third kappa shape index (κ3) is 4.71. The Morgan fingerprint density at radius 2 is 1.80 bits per heavy atom. The highest BCUT2D eigenvalue weighted by Crippen LogP contribution is 2.20. The summed E-state index contributed by atoms with van der Waals surface area (Å²) in [4.78, 5) is 28.8. The molecular weight excluding hydrogens is 384 g/mol. The molecule has 1 N–H and O–H groups in total. The van der Waals surface area contributed by atoms with Crippen LogP contribution in [-0.4, -0.2) is 54.6 Å². The predicted octanol–water partition coefficient (Wildman–Crippen LogP) is 2.79. The molecule has 2 aromatic heterocycles. The average Bonchev–Trinajstić information content (AvgIpc) is 3.49. The number of para-hydroxylation sites is 1. The van der Waals surface area contributed by atoms with E-state index in [2.05, 4.69) is 27.5 Å². The monoisotopic (exact) mass is 408 g/mol. The number of carbonyl (C=O) groups is 2. The second-order valence-electron chi connectivity index (χ2n) is 7.12. The van der Waals surface area contributed by atoms with Gasteiger partial charge in [0.1, 0.15) is 0 Å². The number of hydrogen-bond donors (Lipinski definition) is 1. The van der Waals surface area contributed by atoms with Crippen LogP contribution in [-0.2, 0) is 4.79 Å². The number of nitrogens with one attached hydrogen (secondary N) is 1. The first-order valence-electron chi connectivity index (χ1n) is 10.1. The zero-order chi connectivity index (χ0) is 20.8. The highest BCUT2D eigenvalue weighted by Gasteiger charge is 2.21. The first-order valence-corrected chi connectivity index (χ1v) is 10.1. The fourth-order valence-corrected chi connectivity index (χ4v) is 3.46. The molecule has 156 valence electrons.